The highest BCUT2D eigenvalue weighted by atomic mass is 32.2. The average molecular weight is 464 g/mol. The van der Waals surface area contributed by atoms with Gasteiger partial charge in [-0.1, -0.05) is 12.1 Å². The summed E-state index contributed by atoms with van der Waals surface area (Å²) >= 11 is 0. The Labute approximate surface area is 191 Å². The average Bonchev–Trinajstić information content (AvgIpc) is 3.50. The Hall–Kier alpha value is -3.52. The molecule has 1 aliphatic carbocycles. The minimum absolute atomic E-state index is 0.185. The number of carbonyl (C=O) groups excluding carboxylic acids is 1. The molecule has 0 bridgehead atoms. The molecule has 1 heterocycles. The fourth-order valence-electron chi connectivity index (χ4n) is 3.83. The summed E-state index contributed by atoms with van der Waals surface area (Å²) in [5.41, 5.74) is 3.64. The molecule has 0 radical (unpaired) electrons. The van der Waals surface area contributed by atoms with Crippen LogP contribution < -0.4 is 5.32 Å². The summed E-state index contributed by atoms with van der Waals surface area (Å²) < 4.78 is 40.0. The Morgan fingerprint density at radius 1 is 1.09 bits per heavy atom. The third-order valence-electron chi connectivity index (χ3n) is 5.91. The van der Waals surface area contributed by atoms with E-state index >= 15 is 0 Å². The van der Waals surface area contributed by atoms with Crippen LogP contribution in [0.1, 0.15) is 28.8 Å². The monoisotopic (exact) mass is 463 g/mol. The Morgan fingerprint density at radius 2 is 1.82 bits per heavy atom. The molecule has 3 aromatic carbocycles. The summed E-state index contributed by atoms with van der Waals surface area (Å²) in [4.78, 5) is 12.7. The lowest BCUT2D eigenvalue weighted by molar-refractivity contribution is 0.0950. The smallest absolute Gasteiger partial charge is 0.251 e. The van der Waals surface area contributed by atoms with Crippen LogP contribution in [0.3, 0.4) is 0 Å². The van der Waals surface area contributed by atoms with Gasteiger partial charge in [0.25, 0.3) is 5.91 Å². The number of hydrogen-bond acceptors (Lipinski definition) is 4. The zero-order chi connectivity index (χ0) is 23.3. The molecule has 0 atom stereocenters. The molecule has 5 rings (SSSR count). The Bertz CT molecular complexity index is 1500. The fourth-order valence-corrected chi connectivity index (χ4v) is 4.46. The first-order valence-corrected chi connectivity index (χ1v) is 12.5. The molecule has 1 aromatic heterocycles. The normalized spacial score (nSPS) is 13.9. The maximum absolute atomic E-state index is 14.7. The first-order chi connectivity index (χ1) is 15.7. The second kappa shape index (κ2) is 7.81. The lowest BCUT2D eigenvalue weighted by atomic mass is 9.96. The number of fused-ring (bicyclic) bond motifs is 1. The Morgan fingerprint density at radius 3 is 2.48 bits per heavy atom. The van der Waals surface area contributed by atoms with Gasteiger partial charge in [0.2, 0.25) is 0 Å². The van der Waals surface area contributed by atoms with E-state index in [9.17, 15) is 17.6 Å². The first-order valence-electron chi connectivity index (χ1n) is 10.6. The fraction of sp³-hybridized carbons (Fsp3) is 0.200. The third kappa shape index (κ3) is 4.14. The number of benzene rings is 3. The van der Waals surface area contributed by atoms with Crippen molar-refractivity contribution >= 4 is 26.6 Å². The molecule has 8 heteroatoms. The van der Waals surface area contributed by atoms with Crippen molar-refractivity contribution in [3.05, 3.63) is 77.7 Å². The predicted molar refractivity (Wildman–Crippen MR) is 125 cm³/mol. The van der Waals surface area contributed by atoms with E-state index in [0.717, 1.165) is 35.6 Å². The van der Waals surface area contributed by atoms with Crippen LogP contribution in [0.25, 0.3) is 27.7 Å². The van der Waals surface area contributed by atoms with Gasteiger partial charge in [0.05, 0.1) is 22.3 Å². The number of hydrogen-bond donors (Lipinski definition) is 1. The van der Waals surface area contributed by atoms with Gasteiger partial charge >= 0.3 is 0 Å². The summed E-state index contributed by atoms with van der Waals surface area (Å²) in [6, 6.07) is 15.3. The lowest BCUT2D eigenvalue weighted by Crippen LogP contribution is -2.25. The molecule has 168 valence electrons. The summed E-state index contributed by atoms with van der Waals surface area (Å²) in [6.45, 7) is 1.69. The molecule has 1 amide bonds. The van der Waals surface area contributed by atoms with Crippen molar-refractivity contribution in [1.29, 1.82) is 0 Å². The van der Waals surface area contributed by atoms with Crippen LogP contribution in [0.4, 0.5) is 4.39 Å². The van der Waals surface area contributed by atoms with Crippen molar-refractivity contribution in [3.8, 4) is 16.8 Å². The van der Waals surface area contributed by atoms with Crippen molar-refractivity contribution in [2.45, 2.75) is 30.7 Å². The quantitative estimate of drug-likeness (QED) is 0.475. The number of carbonyl (C=O) groups is 1. The van der Waals surface area contributed by atoms with Crippen LogP contribution >= 0.6 is 0 Å². The number of sulfone groups is 1. The van der Waals surface area contributed by atoms with E-state index in [4.69, 9.17) is 0 Å². The summed E-state index contributed by atoms with van der Waals surface area (Å²) in [6.07, 6.45) is 4.80. The van der Waals surface area contributed by atoms with E-state index in [1.165, 1.54) is 6.07 Å². The number of aromatic nitrogens is 2. The van der Waals surface area contributed by atoms with Crippen LogP contribution in [-0.2, 0) is 9.84 Å². The van der Waals surface area contributed by atoms with Crippen molar-refractivity contribution in [3.63, 3.8) is 0 Å². The van der Waals surface area contributed by atoms with Crippen molar-refractivity contribution in [2.75, 3.05) is 6.26 Å². The van der Waals surface area contributed by atoms with Crippen LogP contribution in [0, 0.1) is 12.7 Å². The molecule has 0 unspecified atom stereocenters. The van der Waals surface area contributed by atoms with Gasteiger partial charge in [0, 0.05) is 23.2 Å². The molecule has 1 aliphatic rings. The van der Waals surface area contributed by atoms with Gasteiger partial charge in [0.15, 0.2) is 9.84 Å². The molecule has 0 saturated heterocycles. The van der Waals surface area contributed by atoms with Crippen LogP contribution in [0.5, 0.6) is 0 Å². The standard InChI is InChI=1S/C25H22FN3O3S/c1-15-22(11-18(12-23(15)26)25(30)28-19-5-6-19)16-3-4-17-14-27-29(24(17)13-16)20-7-9-21(10-8-20)33(2,31)32/h3-4,7-14,19H,5-6H2,1-2H3,(H,28,30). The Kier molecular flexibility index (Phi) is 5.05. The van der Waals surface area contributed by atoms with Crippen molar-refractivity contribution in [1.82, 2.24) is 15.1 Å². The van der Waals surface area contributed by atoms with Gasteiger partial charge in [-0.05, 0) is 78.9 Å². The summed E-state index contributed by atoms with van der Waals surface area (Å²) in [5, 5.41) is 8.23. The number of nitrogens with one attached hydrogen (secondary N) is 1. The minimum atomic E-state index is -3.30. The minimum Gasteiger partial charge on any atom is -0.349 e. The van der Waals surface area contributed by atoms with Gasteiger partial charge in [-0.3, -0.25) is 4.79 Å². The van der Waals surface area contributed by atoms with E-state index in [2.05, 4.69) is 10.4 Å². The molecule has 1 N–H and O–H groups in total. The molecule has 1 saturated carbocycles. The molecule has 0 aliphatic heterocycles. The van der Waals surface area contributed by atoms with Gasteiger partial charge in [-0.2, -0.15) is 5.10 Å². The molecule has 4 aromatic rings. The summed E-state index contributed by atoms with van der Waals surface area (Å²) in [7, 11) is -3.30. The van der Waals surface area contributed by atoms with E-state index < -0.39 is 15.7 Å². The summed E-state index contributed by atoms with van der Waals surface area (Å²) in [5.74, 6) is -0.701. The predicted octanol–water partition coefficient (Wildman–Crippen LogP) is 4.44. The molecular formula is C25H22FN3O3S. The molecular weight excluding hydrogens is 441 g/mol. The number of halogens is 1. The van der Waals surface area contributed by atoms with Crippen molar-refractivity contribution < 1.29 is 17.6 Å². The number of amides is 1. The van der Waals surface area contributed by atoms with E-state index in [0.29, 0.717) is 22.4 Å². The van der Waals surface area contributed by atoms with E-state index in [-0.39, 0.29) is 16.8 Å². The largest absolute Gasteiger partial charge is 0.349 e. The van der Waals surface area contributed by atoms with E-state index in [1.807, 2.05) is 18.2 Å². The Balaban J connectivity index is 1.58. The van der Waals surface area contributed by atoms with E-state index in [1.54, 1.807) is 48.1 Å². The SMILES string of the molecule is Cc1c(F)cc(C(=O)NC2CC2)cc1-c1ccc2cnn(-c3ccc(S(C)(=O)=O)cc3)c2c1. The van der Waals surface area contributed by atoms with Crippen LogP contribution in [0.2, 0.25) is 0 Å². The first kappa shape index (κ1) is 21.3. The van der Waals surface area contributed by atoms with Crippen molar-refractivity contribution in [2.24, 2.45) is 0 Å². The van der Waals surface area contributed by atoms with Gasteiger partial charge in [0.1, 0.15) is 5.82 Å². The topological polar surface area (TPSA) is 81.1 Å². The maximum Gasteiger partial charge on any atom is 0.251 e. The van der Waals surface area contributed by atoms with Crippen LogP contribution in [-0.4, -0.2) is 36.4 Å². The second-order valence-corrected chi connectivity index (χ2v) is 10.5. The highest BCUT2D eigenvalue weighted by Crippen LogP contribution is 2.31. The van der Waals surface area contributed by atoms with Crippen LogP contribution in [0.15, 0.2) is 65.7 Å². The molecule has 0 spiro atoms. The van der Waals surface area contributed by atoms with Gasteiger partial charge in [-0.15, -0.1) is 0 Å². The lowest BCUT2D eigenvalue weighted by Gasteiger charge is -2.12. The highest BCUT2D eigenvalue weighted by molar-refractivity contribution is 7.90. The number of rotatable bonds is 5. The molecule has 6 nitrogen and oxygen atoms in total. The second-order valence-electron chi connectivity index (χ2n) is 8.47. The number of nitrogens with zero attached hydrogens (tertiary/aromatic N) is 2. The van der Waals surface area contributed by atoms with Gasteiger partial charge < -0.3 is 5.32 Å². The third-order valence-corrected chi connectivity index (χ3v) is 7.04. The zero-order valence-electron chi connectivity index (χ0n) is 18.2. The molecule has 1 fully saturated rings. The maximum atomic E-state index is 14.7. The van der Waals surface area contributed by atoms with Gasteiger partial charge in [-0.25, -0.2) is 17.5 Å². The zero-order valence-corrected chi connectivity index (χ0v) is 19.0. The molecule has 33 heavy (non-hydrogen) atoms. The highest BCUT2D eigenvalue weighted by Gasteiger charge is 2.24.